The molecule has 0 aliphatic heterocycles. The first-order valence-corrected chi connectivity index (χ1v) is 12.7. The fraction of sp³-hybridized carbons (Fsp3) is 0.217. The summed E-state index contributed by atoms with van der Waals surface area (Å²) in [4.78, 5) is 4.60. The van der Waals surface area contributed by atoms with Crippen LogP contribution in [0.5, 0.6) is 0 Å². The molecule has 4 rings (SSSR count). The lowest BCUT2D eigenvalue weighted by Gasteiger charge is -2.10. The molecular formula is C23H25BrClF2N5OS. The average Bonchev–Trinajstić information content (AvgIpc) is 3.22. The van der Waals surface area contributed by atoms with Gasteiger partial charge in [-0.3, -0.25) is 0 Å². The fourth-order valence-electron chi connectivity index (χ4n) is 2.79. The van der Waals surface area contributed by atoms with E-state index in [1.54, 1.807) is 10.7 Å². The van der Waals surface area contributed by atoms with Crippen molar-refractivity contribution in [3.63, 3.8) is 0 Å². The highest BCUT2D eigenvalue weighted by atomic mass is 79.9. The van der Waals surface area contributed by atoms with Crippen LogP contribution in [0.25, 0.3) is 16.9 Å². The van der Waals surface area contributed by atoms with Crippen LogP contribution in [0.2, 0.25) is 5.02 Å². The Bertz CT molecular complexity index is 1270. The minimum Gasteiger partial charge on any atom is -0.370 e. The van der Waals surface area contributed by atoms with E-state index in [0.29, 0.717) is 11.1 Å². The number of aromatic nitrogens is 3. The molecule has 0 amide bonds. The number of nitrogens with zero attached hydrogens (tertiary/aromatic N) is 3. The van der Waals surface area contributed by atoms with Crippen molar-refractivity contribution in [2.24, 2.45) is 0 Å². The van der Waals surface area contributed by atoms with Gasteiger partial charge in [0, 0.05) is 29.3 Å². The molecule has 0 radical (unpaired) electrons. The van der Waals surface area contributed by atoms with Crippen LogP contribution >= 0.6 is 27.5 Å². The number of anilines is 1. The molecule has 182 valence electrons. The van der Waals surface area contributed by atoms with Crippen LogP contribution in [0, 0.1) is 11.6 Å². The van der Waals surface area contributed by atoms with Gasteiger partial charge in [0.05, 0.1) is 21.3 Å². The molecule has 0 bridgehead atoms. The van der Waals surface area contributed by atoms with E-state index < -0.39 is 22.6 Å². The molecule has 0 saturated carbocycles. The first-order chi connectivity index (χ1) is 16.3. The number of rotatable bonds is 5. The summed E-state index contributed by atoms with van der Waals surface area (Å²) in [7, 11) is -0.172. The van der Waals surface area contributed by atoms with Crippen molar-refractivity contribution >= 4 is 50.0 Å². The molecule has 2 N–H and O–H groups in total. The molecule has 34 heavy (non-hydrogen) atoms. The molecule has 2 aromatic carbocycles. The van der Waals surface area contributed by atoms with Crippen molar-refractivity contribution in [2.45, 2.75) is 25.7 Å². The fourth-order valence-corrected chi connectivity index (χ4v) is 4.01. The van der Waals surface area contributed by atoms with Crippen LogP contribution < -0.4 is 10.0 Å². The van der Waals surface area contributed by atoms with E-state index in [0.717, 1.165) is 45.9 Å². The van der Waals surface area contributed by atoms with Crippen molar-refractivity contribution in [2.75, 3.05) is 18.9 Å². The Balaban J connectivity index is 0.000000251. The van der Waals surface area contributed by atoms with Gasteiger partial charge in [-0.2, -0.15) is 9.61 Å². The molecular weight excluding hydrogens is 548 g/mol. The summed E-state index contributed by atoms with van der Waals surface area (Å²) in [6, 6.07) is 12.5. The van der Waals surface area contributed by atoms with Gasteiger partial charge in [-0.1, -0.05) is 43.6 Å². The zero-order valence-corrected chi connectivity index (χ0v) is 22.2. The summed E-state index contributed by atoms with van der Waals surface area (Å²) in [5, 5.41) is 8.28. The summed E-state index contributed by atoms with van der Waals surface area (Å²) in [6.45, 7) is 6.85. The number of fused-ring (bicyclic) bond motifs is 1. The van der Waals surface area contributed by atoms with Crippen LogP contribution in [-0.2, 0) is 11.0 Å². The van der Waals surface area contributed by atoms with Crippen LogP contribution in [0.4, 0.5) is 14.6 Å². The highest BCUT2D eigenvalue weighted by Crippen LogP contribution is 2.30. The average molecular weight is 573 g/mol. The molecule has 0 saturated heterocycles. The van der Waals surface area contributed by atoms with E-state index in [2.05, 4.69) is 36.1 Å². The van der Waals surface area contributed by atoms with Gasteiger partial charge in [-0.05, 0) is 48.1 Å². The topological polar surface area (TPSA) is 71.3 Å². The van der Waals surface area contributed by atoms with Crippen molar-refractivity contribution in [1.29, 1.82) is 0 Å². The second kappa shape index (κ2) is 13.5. The van der Waals surface area contributed by atoms with Gasteiger partial charge < -0.3 is 5.32 Å². The predicted molar refractivity (Wildman–Crippen MR) is 138 cm³/mol. The van der Waals surface area contributed by atoms with Crippen molar-refractivity contribution in [3.8, 4) is 11.3 Å². The minimum atomic E-state index is -1.60. The van der Waals surface area contributed by atoms with Crippen LogP contribution in [-0.4, -0.2) is 32.4 Å². The van der Waals surface area contributed by atoms with E-state index in [1.807, 2.05) is 51.1 Å². The predicted octanol–water partition coefficient (Wildman–Crippen LogP) is 6.48. The highest BCUT2D eigenvalue weighted by molar-refractivity contribution is 9.10. The lowest BCUT2D eigenvalue weighted by molar-refractivity contribution is 0.561. The Kier molecular flexibility index (Phi) is 11.0. The van der Waals surface area contributed by atoms with E-state index in [-0.39, 0.29) is 4.90 Å². The molecule has 11 heteroatoms. The molecule has 2 aromatic heterocycles. The van der Waals surface area contributed by atoms with Crippen molar-refractivity contribution in [1.82, 2.24) is 19.3 Å². The number of hydrogen-bond donors (Lipinski definition) is 2. The zero-order valence-electron chi connectivity index (χ0n) is 19.1. The van der Waals surface area contributed by atoms with E-state index in [9.17, 15) is 13.0 Å². The number of halogens is 4. The van der Waals surface area contributed by atoms with Crippen molar-refractivity contribution < 1.29 is 13.0 Å². The second-order valence-corrected chi connectivity index (χ2v) is 8.96. The Morgan fingerprint density at radius 1 is 1.15 bits per heavy atom. The first-order valence-electron chi connectivity index (χ1n) is 10.4. The summed E-state index contributed by atoms with van der Waals surface area (Å²) in [5.74, 6) is -0.592. The SMILES string of the molecule is CC.CCNc1cc(-c2ccccc2Cl)nc2c(Br)cnn12.CNS(=O)c1ccc(F)cc1F. The van der Waals surface area contributed by atoms with E-state index >= 15 is 0 Å². The Labute approximate surface area is 213 Å². The van der Waals surface area contributed by atoms with Gasteiger partial charge in [0.25, 0.3) is 0 Å². The maximum absolute atomic E-state index is 12.8. The summed E-state index contributed by atoms with van der Waals surface area (Å²) in [6.07, 6.45) is 1.74. The molecule has 4 aromatic rings. The van der Waals surface area contributed by atoms with Gasteiger partial charge in [-0.15, -0.1) is 0 Å². The molecule has 6 nitrogen and oxygen atoms in total. The highest BCUT2D eigenvalue weighted by Gasteiger charge is 2.12. The van der Waals surface area contributed by atoms with Gasteiger partial charge >= 0.3 is 0 Å². The molecule has 2 heterocycles. The van der Waals surface area contributed by atoms with Crippen LogP contribution in [0.1, 0.15) is 20.8 Å². The number of benzene rings is 2. The Morgan fingerprint density at radius 3 is 2.47 bits per heavy atom. The van der Waals surface area contributed by atoms with Crippen molar-refractivity contribution in [3.05, 3.63) is 75.9 Å². The molecule has 0 aliphatic rings. The smallest absolute Gasteiger partial charge is 0.172 e. The summed E-state index contributed by atoms with van der Waals surface area (Å²) >= 11 is 9.73. The molecule has 1 atom stereocenters. The van der Waals surface area contributed by atoms with Gasteiger partial charge in [0.2, 0.25) is 0 Å². The zero-order chi connectivity index (χ0) is 25.3. The summed E-state index contributed by atoms with van der Waals surface area (Å²) < 4.78 is 41.1. The van der Waals surface area contributed by atoms with Crippen LogP contribution in [0.15, 0.2) is 64.1 Å². The molecule has 0 fully saturated rings. The molecule has 0 aliphatic carbocycles. The molecule has 1 unspecified atom stereocenters. The van der Waals surface area contributed by atoms with Gasteiger partial charge in [0.15, 0.2) is 5.65 Å². The van der Waals surface area contributed by atoms with Crippen LogP contribution in [0.3, 0.4) is 0 Å². The second-order valence-electron chi connectivity index (χ2n) is 6.31. The third kappa shape index (κ3) is 6.82. The Hall–Kier alpha value is -2.40. The third-order valence-corrected chi connectivity index (χ3v) is 6.21. The van der Waals surface area contributed by atoms with E-state index in [4.69, 9.17) is 11.6 Å². The lowest BCUT2D eigenvalue weighted by Crippen LogP contribution is -2.12. The minimum absolute atomic E-state index is 0.0427. The first kappa shape index (κ1) is 27.8. The normalized spacial score (nSPS) is 11.2. The summed E-state index contributed by atoms with van der Waals surface area (Å²) in [5.41, 5.74) is 2.49. The van der Waals surface area contributed by atoms with E-state index in [1.165, 1.54) is 7.05 Å². The lowest BCUT2D eigenvalue weighted by atomic mass is 10.1. The maximum Gasteiger partial charge on any atom is 0.172 e. The van der Waals surface area contributed by atoms with Gasteiger partial charge in [-0.25, -0.2) is 22.7 Å². The monoisotopic (exact) mass is 571 g/mol. The number of hydrogen-bond acceptors (Lipinski definition) is 4. The quantitative estimate of drug-likeness (QED) is 0.287. The molecule has 0 spiro atoms. The van der Waals surface area contributed by atoms with Gasteiger partial charge in [0.1, 0.15) is 28.4 Å². The maximum atomic E-state index is 12.8. The largest absolute Gasteiger partial charge is 0.370 e. The Morgan fingerprint density at radius 2 is 1.85 bits per heavy atom. The number of nitrogens with one attached hydrogen (secondary N) is 2. The third-order valence-electron chi connectivity index (χ3n) is 4.22. The standard InChI is InChI=1S/C14H12BrClN4.C7H7F2NOS.C2H6/c1-2-17-13-7-12(9-5-3-4-6-11(9)16)19-14-10(15)8-18-20(13)14;1-10-12(11)7-3-2-5(8)4-6(7)9;1-2/h3-8,17H,2H2,1H3;2-4,10H,1H3;1-2H3.